The van der Waals surface area contributed by atoms with E-state index in [9.17, 15) is 28.1 Å². The van der Waals surface area contributed by atoms with E-state index < -0.39 is 33.4 Å². The zero-order chi connectivity index (χ0) is 23.0. The smallest absolute Gasteiger partial charge is 0.338 e. The van der Waals surface area contributed by atoms with E-state index in [1.54, 1.807) is 17.0 Å². The van der Waals surface area contributed by atoms with E-state index in [2.05, 4.69) is 9.71 Å². The highest BCUT2D eigenvalue weighted by molar-refractivity contribution is 8.15. The first kappa shape index (κ1) is 21.8. The summed E-state index contributed by atoms with van der Waals surface area (Å²) in [6.45, 7) is 1.20. The number of rotatable bonds is 5. The number of carbonyl (C=O) groups excluding carboxylic acids is 2. The van der Waals surface area contributed by atoms with Crippen LogP contribution in [0.2, 0.25) is 0 Å². The van der Waals surface area contributed by atoms with E-state index in [0.717, 1.165) is 17.4 Å². The number of fused-ring (bicyclic) bond motifs is 3. The first-order valence-corrected chi connectivity index (χ1v) is 11.7. The summed E-state index contributed by atoms with van der Waals surface area (Å²) in [6.07, 6.45) is 0. The van der Waals surface area contributed by atoms with E-state index >= 15 is 0 Å². The highest BCUT2D eigenvalue weighted by atomic mass is 32.2. The third-order valence-corrected chi connectivity index (χ3v) is 7.13. The number of carbonyl (C=O) groups is 2. The number of nitro benzene ring substituents is 1. The Kier molecular flexibility index (Phi) is 5.60. The van der Waals surface area contributed by atoms with E-state index in [-0.39, 0.29) is 34.8 Å². The number of esters is 1. The van der Waals surface area contributed by atoms with Crippen molar-refractivity contribution >= 4 is 55.9 Å². The third kappa shape index (κ3) is 4.29. The predicted molar refractivity (Wildman–Crippen MR) is 118 cm³/mol. The van der Waals surface area contributed by atoms with Gasteiger partial charge >= 0.3 is 5.97 Å². The molecule has 2 aliphatic heterocycles. The summed E-state index contributed by atoms with van der Waals surface area (Å²) in [5.41, 5.74) is 1.35. The number of nitro groups is 1. The van der Waals surface area contributed by atoms with E-state index in [1.165, 1.54) is 31.2 Å². The average Bonchev–Trinajstić information content (AvgIpc) is 3.08. The normalized spacial score (nSPS) is 15.9. The average molecular weight is 476 g/mol. The van der Waals surface area contributed by atoms with Gasteiger partial charge in [-0.15, -0.1) is 4.40 Å². The molecule has 166 valence electrons. The maximum absolute atomic E-state index is 12.4. The zero-order valence-corrected chi connectivity index (χ0v) is 18.2. The summed E-state index contributed by atoms with van der Waals surface area (Å²) >= 11 is 1.14. The van der Waals surface area contributed by atoms with Crippen LogP contribution in [0.15, 0.2) is 45.7 Å². The molecule has 4 rings (SSSR count). The van der Waals surface area contributed by atoms with Gasteiger partial charge in [-0.05, 0) is 43.0 Å². The number of amides is 1. The minimum absolute atomic E-state index is 0.0839. The SMILES string of the molecule is Cc1c(NC(=O)COC(=O)c2ccc3c(c2)SC2=NS(=O)(=O)CCN23)cccc1[N+](=O)[O-]. The number of hydrogen-bond acceptors (Lipinski definition) is 9. The highest BCUT2D eigenvalue weighted by Crippen LogP contribution is 2.42. The Balaban J connectivity index is 1.40. The molecular weight excluding hydrogens is 460 g/mol. The van der Waals surface area contributed by atoms with Gasteiger partial charge in [-0.25, -0.2) is 13.2 Å². The van der Waals surface area contributed by atoms with Crippen LogP contribution in [0.4, 0.5) is 17.1 Å². The number of nitrogens with one attached hydrogen (secondary N) is 1. The second kappa shape index (κ2) is 8.24. The minimum Gasteiger partial charge on any atom is -0.452 e. The van der Waals surface area contributed by atoms with Crippen molar-refractivity contribution in [3.63, 3.8) is 0 Å². The van der Waals surface area contributed by atoms with Gasteiger partial charge in [0.05, 0.1) is 33.2 Å². The number of thioether (sulfide) groups is 1. The third-order valence-electron chi connectivity index (χ3n) is 4.82. The molecule has 2 aromatic rings. The molecule has 0 aliphatic carbocycles. The molecule has 0 radical (unpaired) electrons. The van der Waals surface area contributed by atoms with Crippen LogP contribution in [0.25, 0.3) is 0 Å². The van der Waals surface area contributed by atoms with Gasteiger partial charge in [0.1, 0.15) is 0 Å². The molecule has 0 atom stereocenters. The molecule has 0 saturated carbocycles. The molecule has 2 aromatic carbocycles. The van der Waals surface area contributed by atoms with Crippen LogP contribution in [0.5, 0.6) is 0 Å². The fourth-order valence-corrected chi connectivity index (χ4v) is 5.51. The van der Waals surface area contributed by atoms with Gasteiger partial charge in [0.25, 0.3) is 21.6 Å². The van der Waals surface area contributed by atoms with Gasteiger partial charge in [-0.1, -0.05) is 6.07 Å². The van der Waals surface area contributed by atoms with Crippen LogP contribution in [0, 0.1) is 17.0 Å². The molecule has 0 fully saturated rings. The largest absolute Gasteiger partial charge is 0.452 e. The van der Waals surface area contributed by atoms with Crippen molar-refractivity contribution in [2.75, 3.05) is 29.1 Å². The molecule has 0 saturated heterocycles. The lowest BCUT2D eigenvalue weighted by Gasteiger charge is -2.22. The van der Waals surface area contributed by atoms with Crippen molar-refractivity contribution in [3.8, 4) is 0 Å². The number of benzene rings is 2. The van der Waals surface area contributed by atoms with Crippen LogP contribution in [0.3, 0.4) is 0 Å². The second-order valence-corrected chi connectivity index (χ2v) is 9.69. The molecule has 0 spiro atoms. The summed E-state index contributed by atoms with van der Waals surface area (Å²) in [4.78, 5) is 37.4. The maximum atomic E-state index is 12.4. The van der Waals surface area contributed by atoms with Gasteiger partial charge in [-0.2, -0.15) is 0 Å². The molecule has 32 heavy (non-hydrogen) atoms. The molecule has 11 nitrogen and oxygen atoms in total. The van der Waals surface area contributed by atoms with Crippen LogP contribution in [0.1, 0.15) is 15.9 Å². The number of ether oxygens (including phenoxy) is 1. The van der Waals surface area contributed by atoms with E-state index in [4.69, 9.17) is 4.74 Å². The zero-order valence-electron chi connectivity index (χ0n) is 16.6. The van der Waals surface area contributed by atoms with Gasteiger partial charge < -0.3 is 15.0 Å². The summed E-state index contributed by atoms with van der Waals surface area (Å²) in [7, 11) is -3.48. The highest BCUT2D eigenvalue weighted by Gasteiger charge is 2.33. The van der Waals surface area contributed by atoms with E-state index in [1.807, 2.05) is 0 Å². The van der Waals surface area contributed by atoms with Crippen LogP contribution in [-0.4, -0.2) is 49.3 Å². The summed E-state index contributed by atoms with van der Waals surface area (Å²) in [5.74, 6) is -1.47. The lowest BCUT2D eigenvalue weighted by atomic mass is 10.1. The predicted octanol–water partition coefficient (Wildman–Crippen LogP) is 2.31. The molecule has 2 heterocycles. The van der Waals surface area contributed by atoms with Crippen molar-refractivity contribution in [2.45, 2.75) is 11.8 Å². The lowest BCUT2D eigenvalue weighted by molar-refractivity contribution is -0.385. The standard InChI is InChI=1S/C19H16N4O7S2/c1-11-13(3-2-4-14(11)23(26)27)20-17(24)10-30-18(25)12-5-6-15-16(9-12)31-19-21-32(28,29)8-7-22(15)19/h2-6,9H,7-8,10H2,1H3,(H,20,24). The molecule has 1 N–H and O–H groups in total. The van der Waals surface area contributed by atoms with Gasteiger partial charge in [0.2, 0.25) is 0 Å². The van der Waals surface area contributed by atoms with Crippen molar-refractivity contribution in [2.24, 2.45) is 4.40 Å². The molecule has 0 unspecified atom stereocenters. The Morgan fingerprint density at radius 3 is 2.84 bits per heavy atom. The molecular formula is C19H16N4O7S2. The Morgan fingerprint density at radius 1 is 1.31 bits per heavy atom. The quantitative estimate of drug-likeness (QED) is 0.390. The van der Waals surface area contributed by atoms with Crippen LogP contribution in [-0.2, 0) is 19.6 Å². The minimum atomic E-state index is -3.48. The lowest BCUT2D eigenvalue weighted by Crippen LogP contribution is -2.35. The summed E-state index contributed by atoms with van der Waals surface area (Å²) < 4.78 is 32.2. The van der Waals surface area contributed by atoms with E-state index in [0.29, 0.717) is 10.1 Å². The summed E-state index contributed by atoms with van der Waals surface area (Å²) in [6, 6.07) is 9.03. The Bertz CT molecular complexity index is 1290. The summed E-state index contributed by atoms with van der Waals surface area (Å²) in [5, 5.41) is 13.8. The number of amidine groups is 1. The molecule has 2 aliphatic rings. The topological polar surface area (TPSA) is 148 Å². The maximum Gasteiger partial charge on any atom is 0.338 e. The molecule has 0 bridgehead atoms. The fraction of sp³-hybridized carbons (Fsp3) is 0.211. The van der Waals surface area contributed by atoms with Crippen LogP contribution < -0.4 is 10.2 Å². The first-order chi connectivity index (χ1) is 15.1. The van der Waals surface area contributed by atoms with Crippen LogP contribution >= 0.6 is 11.8 Å². The molecule has 1 amide bonds. The fourth-order valence-electron chi connectivity index (χ4n) is 3.21. The van der Waals surface area contributed by atoms with Gasteiger partial charge in [0.15, 0.2) is 11.8 Å². The first-order valence-electron chi connectivity index (χ1n) is 9.28. The van der Waals surface area contributed by atoms with Crippen molar-refractivity contribution in [1.29, 1.82) is 0 Å². The Labute approximate surface area is 186 Å². The number of hydrogen-bond donors (Lipinski definition) is 1. The number of anilines is 2. The van der Waals surface area contributed by atoms with Crippen molar-refractivity contribution in [3.05, 3.63) is 57.6 Å². The Morgan fingerprint density at radius 2 is 2.09 bits per heavy atom. The molecule has 0 aromatic heterocycles. The monoisotopic (exact) mass is 476 g/mol. The number of nitrogens with zero attached hydrogens (tertiary/aromatic N) is 3. The second-order valence-electron chi connectivity index (χ2n) is 6.93. The number of sulfonamides is 1. The van der Waals surface area contributed by atoms with Crippen molar-refractivity contribution < 1.29 is 27.7 Å². The van der Waals surface area contributed by atoms with Crippen molar-refractivity contribution in [1.82, 2.24) is 0 Å². The Hall–Kier alpha value is -3.45. The van der Waals surface area contributed by atoms with Gasteiger partial charge in [0, 0.05) is 17.5 Å². The van der Waals surface area contributed by atoms with Gasteiger partial charge in [-0.3, -0.25) is 14.9 Å². The molecule has 13 heteroatoms.